The van der Waals surface area contributed by atoms with Gasteiger partial charge in [-0.25, -0.2) is 9.18 Å². The van der Waals surface area contributed by atoms with Gasteiger partial charge < -0.3 is 4.74 Å². The van der Waals surface area contributed by atoms with E-state index >= 15 is 0 Å². The summed E-state index contributed by atoms with van der Waals surface area (Å²) in [5.41, 5.74) is 0.184. The van der Waals surface area contributed by atoms with Crippen LogP contribution in [-0.2, 0) is 11.3 Å². The Morgan fingerprint density at radius 1 is 1.65 bits per heavy atom. The molecule has 0 atom stereocenters. The second-order valence-corrected chi connectivity index (χ2v) is 4.31. The number of nitrogens with zero attached hydrogens (tertiary/aromatic N) is 2. The first kappa shape index (κ1) is 12.0. The summed E-state index contributed by atoms with van der Waals surface area (Å²) in [7, 11) is 1.21. The van der Waals surface area contributed by atoms with E-state index in [0.29, 0.717) is 21.9 Å². The Kier molecular flexibility index (Phi) is 3.15. The molecule has 2 rings (SSSR count). The number of fused-ring (bicyclic) bond motifs is 1. The van der Waals surface area contributed by atoms with Crippen molar-refractivity contribution >= 4 is 32.8 Å². The monoisotopic (exact) mass is 300 g/mol. The second-order valence-electron chi connectivity index (χ2n) is 3.45. The van der Waals surface area contributed by atoms with Crippen LogP contribution in [-0.4, -0.2) is 22.9 Å². The summed E-state index contributed by atoms with van der Waals surface area (Å²) >= 11 is 3.25. The zero-order chi connectivity index (χ0) is 12.6. The van der Waals surface area contributed by atoms with Crippen LogP contribution in [0, 0.1) is 5.82 Å². The van der Waals surface area contributed by atoms with E-state index in [1.807, 2.05) is 6.92 Å². The van der Waals surface area contributed by atoms with E-state index in [1.54, 1.807) is 10.9 Å². The summed E-state index contributed by atoms with van der Waals surface area (Å²) in [5.74, 6) is -1.36. The van der Waals surface area contributed by atoms with E-state index < -0.39 is 11.8 Å². The van der Waals surface area contributed by atoms with Crippen molar-refractivity contribution in [2.45, 2.75) is 13.5 Å². The van der Waals surface area contributed by atoms with Crippen LogP contribution in [0.4, 0.5) is 4.39 Å². The third kappa shape index (κ3) is 1.93. The van der Waals surface area contributed by atoms with Gasteiger partial charge in [0.1, 0.15) is 16.9 Å². The number of carbonyl (C=O) groups excluding carboxylic acids is 1. The number of aryl methyl sites for hydroxylation is 1. The van der Waals surface area contributed by atoms with Crippen LogP contribution < -0.4 is 0 Å². The van der Waals surface area contributed by atoms with E-state index in [9.17, 15) is 9.18 Å². The molecule has 0 aliphatic carbocycles. The molecule has 0 N–H and O–H groups in total. The van der Waals surface area contributed by atoms with Crippen LogP contribution in [0.2, 0.25) is 0 Å². The number of rotatable bonds is 2. The molecule has 4 nitrogen and oxygen atoms in total. The van der Waals surface area contributed by atoms with Crippen molar-refractivity contribution in [1.82, 2.24) is 9.78 Å². The van der Waals surface area contributed by atoms with Crippen molar-refractivity contribution in [3.63, 3.8) is 0 Å². The Bertz CT molecular complexity index is 595. The molecule has 0 fully saturated rings. The van der Waals surface area contributed by atoms with E-state index in [0.717, 1.165) is 0 Å². The number of hydrogen-bond donors (Lipinski definition) is 0. The third-order valence-corrected chi connectivity index (χ3v) is 3.12. The van der Waals surface area contributed by atoms with Crippen molar-refractivity contribution in [3.8, 4) is 0 Å². The summed E-state index contributed by atoms with van der Waals surface area (Å²) in [6.07, 6.45) is 1.76. The van der Waals surface area contributed by atoms with Crippen LogP contribution in [0.5, 0.6) is 0 Å². The normalized spacial score (nSPS) is 10.8. The number of benzene rings is 1. The average Bonchev–Trinajstić information content (AvgIpc) is 2.72. The van der Waals surface area contributed by atoms with Crippen LogP contribution in [0.1, 0.15) is 17.3 Å². The molecule has 0 saturated heterocycles. The maximum atomic E-state index is 13.8. The predicted octanol–water partition coefficient (Wildman–Crippen LogP) is 2.74. The van der Waals surface area contributed by atoms with Gasteiger partial charge in [-0.1, -0.05) is 0 Å². The summed E-state index contributed by atoms with van der Waals surface area (Å²) in [6, 6.07) is 1.25. The number of aromatic nitrogens is 2. The summed E-state index contributed by atoms with van der Waals surface area (Å²) in [6.45, 7) is 2.55. The van der Waals surface area contributed by atoms with Crippen molar-refractivity contribution in [2.24, 2.45) is 0 Å². The first-order chi connectivity index (χ1) is 8.08. The van der Waals surface area contributed by atoms with Gasteiger partial charge >= 0.3 is 5.97 Å². The molecule has 1 heterocycles. The van der Waals surface area contributed by atoms with Crippen LogP contribution >= 0.6 is 15.9 Å². The SMILES string of the molecule is CCn1cc2c(Br)cc(F)c(C(=O)OC)c2n1. The number of carbonyl (C=O) groups is 1. The fraction of sp³-hybridized carbons (Fsp3) is 0.273. The molecule has 0 radical (unpaired) electrons. The van der Waals surface area contributed by atoms with Crippen molar-refractivity contribution < 1.29 is 13.9 Å². The molecular weight excluding hydrogens is 291 g/mol. The molecule has 0 amide bonds. The maximum Gasteiger partial charge on any atom is 0.343 e. The molecule has 0 aliphatic heterocycles. The van der Waals surface area contributed by atoms with E-state index in [2.05, 4.69) is 25.8 Å². The topological polar surface area (TPSA) is 44.1 Å². The first-order valence-corrected chi connectivity index (χ1v) is 5.81. The number of hydrogen-bond acceptors (Lipinski definition) is 3. The minimum atomic E-state index is -0.721. The molecule has 1 aromatic heterocycles. The molecule has 17 heavy (non-hydrogen) atoms. The molecule has 2 aromatic rings. The minimum Gasteiger partial charge on any atom is -0.465 e. The van der Waals surface area contributed by atoms with Gasteiger partial charge in [0.25, 0.3) is 0 Å². The minimum absolute atomic E-state index is 0.127. The van der Waals surface area contributed by atoms with E-state index in [4.69, 9.17) is 0 Å². The highest BCUT2D eigenvalue weighted by atomic mass is 79.9. The van der Waals surface area contributed by atoms with Gasteiger partial charge in [0.15, 0.2) is 0 Å². The van der Waals surface area contributed by atoms with E-state index in [1.165, 1.54) is 13.2 Å². The fourth-order valence-electron chi connectivity index (χ4n) is 1.61. The number of halogens is 2. The predicted molar refractivity (Wildman–Crippen MR) is 64.4 cm³/mol. The highest BCUT2D eigenvalue weighted by molar-refractivity contribution is 9.10. The standard InChI is InChI=1S/C11H10BrFN2O2/c1-3-15-5-6-7(12)4-8(13)9(10(6)14-15)11(16)17-2/h4-5H,3H2,1-2H3. The van der Waals surface area contributed by atoms with Crippen LogP contribution in [0.15, 0.2) is 16.7 Å². The van der Waals surface area contributed by atoms with Gasteiger partial charge in [-0.15, -0.1) is 0 Å². The molecule has 0 saturated carbocycles. The smallest absolute Gasteiger partial charge is 0.343 e. The highest BCUT2D eigenvalue weighted by Crippen LogP contribution is 2.28. The molecular formula is C11H10BrFN2O2. The Hall–Kier alpha value is -1.43. The highest BCUT2D eigenvalue weighted by Gasteiger charge is 2.21. The van der Waals surface area contributed by atoms with Crippen molar-refractivity contribution in [1.29, 1.82) is 0 Å². The number of esters is 1. The zero-order valence-electron chi connectivity index (χ0n) is 9.33. The van der Waals surface area contributed by atoms with Gasteiger partial charge in [0, 0.05) is 22.6 Å². The lowest BCUT2D eigenvalue weighted by atomic mass is 10.1. The van der Waals surface area contributed by atoms with Gasteiger partial charge in [-0.2, -0.15) is 5.10 Å². The molecule has 0 spiro atoms. The third-order valence-electron chi connectivity index (χ3n) is 2.46. The molecule has 1 aromatic carbocycles. The Morgan fingerprint density at radius 3 is 2.94 bits per heavy atom. The Morgan fingerprint density at radius 2 is 2.35 bits per heavy atom. The number of methoxy groups -OCH3 is 1. The quantitative estimate of drug-likeness (QED) is 0.801. The molecule has 0 aliphatic rings. The molecule has 90 valence electrons. The second kappa shape index (κ2) is 4.44. The molecule has 0 unspecified atom stereocenters. The largest absolute Gasteiger partial charge is 0.465 e. The van der Waals surface area contributed by atoms with Gasteiger partial charge in [0.2, 0.25) is 0 Å². The lowest BCUT2D eigenvalue weighted by Gasteiger charge is -2.03. The lowest BCUT2D eigenvalue weighted by Crippen LogP contribution is -2.06. The van der Waals surface area contributed by atoms with Crippen LogP contribution in [0.3, 0.4) is 0 Å². The molecule has 6 heteroatoms. The fourth-order valence-corrected chi connectivity index (χ4v) is 2.10. The van der Waals surface area contributed by atoms with Gasteiger partial charge in [-0.05, 0) is 28.9 Å². The zero-order valence-corrected chi connectivity index (χ0v) is 10.9. The first-order valence-electron chi connectivity index (χ1n) is 5.02. The van der Waals surface area contributed by atoms with Crippen molar-refractivity contribution in [2.75, 3.05) is 7.11 Å². The molecule has 0 bridgehead atoms. The van der Waals surface area contributed by atoms with Crippen LogP contribution in [0.25, 0.3) is 10.9 Å². The number of ether oxygens (including phenoxy) is 1. The van der Waals surface area contributed by atoms with E-state index in [-0.39, 0.29) is 5.56 Å². The van der Waals surface area contributed by atoms with Gasteiger partial charge in [-0.3, -0.25) is 4.68 Å². The van der Waals surface area contributed by atoms with Crippen molar-refractivity contribution in [3.05, 3.63) is 28.1 Å². The summed E-state index contributed by atoms with van der Waals surface area (Å²) < 4.78 is 20.5. The Labute approximate surface area is 105 Å². The summed E-state index contributed by atoms with van der Waals surface area (Å²) in [5, 5.41) is 4.86. The van der Waals surface area contributed by atoms with Gasteiger partial charge in [0.05, 0.1) is 7.11 Å². The Balaban J connectivity index is 2.81. The maximum absolute atomic E-state index is 13.8. The summed E-state index contributed by atoms with van der Waals surface area (Å²) in [4.78, 5) is 11.5. The lowest BCUT2D eigenvalue weighted by molar-refractivity contribution is 0.0597. The average molecular weight is 301 g/mol.